The summed E-state index contributed by atoms with van der Waals surface area (Å²) in [6.45, 7) is -1.58. The number of nitrogens with zero attached hydrogens (tertiary/aromatic N) is 4. The highest BCUT2D eigenvalue weighted by atomic mass is 35.5. The highest BCUT2D eigenvalue weighted by Gasteiger charge is 2.45. The van der Waals surface area contributed by atoms with Crippen molar-refractivity contribution in [3.8, 4) is 6.01 Å². The minimum absolute atomic E-state index is 0.0420. The zero-order valence-electron chi connectivity index (χ0n) is 25.5. The number of hydrogen-bond acceptors (Lipinski definition) is 10. The molecule has 5 rings (SSSR count). The molecule has 0 amide bonds. The lowest BCUT2D eigenvalue weighted by molar-refractivity contribution is -0.154. The Kier molecular flexibility index (Phi) is 10.7. The molecule has 2 aromatic heterocycles. The van der Waals surface area contributed by atoms with E-state index in [0.29, 0.717) is 10.6 Å². The third kappa shape index (κ3) is 10.3. The van der Waals surface area contributed by atoms with Gasteiger partial charge in [0.2, 0.25) is 5.95 Å². The summed E-state index contributed by atoms with van der Waals surface area (Å²) in [6.07, 6.45) is 0.444. The van der Waals surface area contributed by atoms with Crippen LogP contribution in [-0.2, 0) is 33.0 Å². The Hall–Kier alpha value is -4.43. The highest BCUT2D eigenvalue weighted by molar-refractivity contribution is 7.92. The standard InChI is InChI=1S/C33H31ClF3N5O5S/c34-26-11-9-25(10-12-26)32(13-14-32)42-30-39-29(40-31(41-30)47-21-33(35,36)37)18-22-5-7-24(8-6-22)28(44)20-48(45,46)16-2-4-27(43)17-23-3-1-15-38-19-23/h1,3,5-12,15,19H,2,4,13-14,16-18,20-21H2,(H,39,40,41,42). The van der Waals surface area contributed by atoms with Gasteiger partial charge in [0.25, 0.3) is 0 Å². The van der Waals surface area contributed by atoms with Gasteiger partial charge < -0.3 is 10.1 Å². The van der Waals surface area contributed by atoms with Crippen molar-refractivity contribution in [1.82, 2.24) is 19.9 Å². The summed E-state index contributed by atoms with van der Waals surface area (Å²) in [5.41, 5.74) is 1.93. The first-order valence-electron chi connectivity index (χ1n) is 15.0. The lowest BCUT2D eigenvalue weighted by Gasteiger charge is -2.19. The van der Waals surface area contributed by atoms with Crippen molar-refractivity contribution in [2.75, 3.05) is 23.4 Å². The molecule has 1 saturated carbocycles. The maximum Gasteiger partial charge on any atom is 0.422 e. The van der Waals surface area contributed by atoms with Crippen molar-refractivity contribution >= 4 is 39.0 Å². The lowest BCUT2D eigenvalue weighted by Crippen LogP contribution is -2.23. The van der Waals surface area contributed by atoms with E-state index in [1.165, 1.54) is 12.1 Å². The van der Waals surface area contributed by atoms with E-state index in [2.05, 4.69) is 25.3 Å². The molecule has 1 aliphatic rings. The van der Waals surface area contributed by atoms with Crippen molar-refractivity contribution in [3.63, 3.8) is 0 Å². The van der Waals surface area contributed by atoms with Gasteiger partial charge in [-0.1, -0.05) is 54.1 Å². The smallest absolute Gasteiger partial charge is 0.422 e. The average molecular weight is 702 g/mol. The van der Waals surface area contributed by atoms with Gasteiger partial charge in [-0.2, -0.15) is 28.1 Å². The molecule has 0 saturated heterocycles. The number of halogens is 4. The molecular weight excluding hydrogens is 671 g/mol. The van der Waals surface area contributed by atoms with Crippen LogP contribution in [0, 0.1) is 0 Å². The Morgan fingerprint density at radius 1 is 0.958 bits per heavy atom. The van der Waals surface area contributed by atoms with Gasteiger partial charge in [-0.3, -0.25) is 14.6 Å². The second kappa shape index (κ2) is 14.8. The number of sulfone groups is 1. The normalized spacial score (nSPS) is 13.9. The maximum absolute atomic E-state index is 12.9. The quantitative estimate of drug-likeness (QED) is 0.144. The van der Waals surface area contributed by atoms with Crippen LogP contribution in [0.1, 0.15) is 58.6 Å². The van der Waals surface area contributed by atoms with E-state index >= 15 is 0 Å². The first-order chi connectivity index (χ1) is 22.8. The van der Waals surface area contributed by atoms with E-state index in [9.17, 15) is 31.2 Å². The minimum atomic E-state index is -4.60. The highest BCUT2D eigenvalue weighted by Crippen LogP contribution is 2.48. The molecule has 252 valence electrons. The van der Waals surface area contributed by atoms with E-state index in [-0.39, 0.29) is 54.6 Å². The Balaban J connectivity index is 1.21. The molecule has 48 heavy (non-hydrogen) atoms. The lowest BCUT2D eigenvalue weighted by atomic mass is 10.1. The number of alkyl halides is 3. The molecule has 2 aromatic carbocycles. The molecular formula is C33H31ClF3N5O5S. The Bertz CT molecular complexity index is 1860. The van der Waals surface area contributed by atoms with Crippen LogP contribution in [0.15, 0.2) is 73.1 Å². The van der Waals surface area contributed by atoms with Gasteiger partial charge in [0.05, 0.1) is 11.3 Å². The monoisotopic (exact) mass is 701 g/mol. The van der Waals surface area contributed by atoms with Crippen LogP contribution in [-0.4, -0.2) is 64.2 Å². The molecule has 0 unspecified atom stereocenters. The number of ether oxygens (including phenoxy) is 1. The number of carbonyl (C=O) groups excluding carboxylic acids is 2. The Morgan fingerprint density at radius 3 is 2.33 bits per heavy atom. The van der Waals surface area contributed by atoms with E-state index in [1.54, 1.807) is 48.8 Å². The van der Waals surface area contributed by atoms with Crippen LogP contribution in [0.2, 0.25) is 5.02 Å². The van der Waals surface area contributed by atoms with Gasteiger partial charge in [-0.05, 0) is 54.2 Å². The van der Waals surface area contributed by atoms with Crippen molar-refractivity contribution < 1.29 is 35.9 Å². The number of Topliss-reactive ketones (excluding diaryl/α,β-unsaturated/α-hetero) is 2. The molecule has 0 bridgehead atoms. The summed E-state index contributed by atoms with van der Waals surface area (Å²) in [4.78, 5) is 41.5. The number of benzene rings is 2. The van der Waals surface area contributed by atoms with Gasteiger partial charge in [0.1, 0.15) is 17.4 Å². The molecule has 4 aromatic rings. The van der Waals surface area contributed by atoms with Crippen LogP contribution in [0.5, 0.6) is 6.01 Å². The van der Waals surface area contributed by atoms with Crippen LogP contribution in [0.3, 0.4) is 0 Å². The third-order valence-corrected chi connectivity index (χ3v) is 9.41. The summed E-state index contributed by atoms with van der Waals surface area (Å²) < 4.78 is 68.7. The summed E-state index contributed by atoms with van der Waals surface area (Å²) in [5.74, 6) is -1.56. The third-order valence-electron chi connectivity index (χ3n) is 7.55. The van der Waals surface area contributed by atoms with E-state index < -0.39 is 45.7 Å². The minimum Gasteiger partial charge on any atom is -0.454 e. The number of aromatic nitrogens is 4. The molecule has 0 atom stereocenters. The Morgan fingerprint density at radius 2 is 1.69 bits per heavy atom. The summed E-state index contributed by atoms with van der Waals surface area (Å²) in [6, 6.07) is 16.3. The van der Waals surface area contributed by atoms with Crippen LogP contribution in [0.4, 0.5) is 19.1 Å². The largest absolute Gasteiger partial charge is 0.454 e. The van der Waals surface area contributed by atoms with Gasteiger partial charge in [-0.25, -0.2) is 8.42 Å². The number of ketones is 2. The van der Waals surface area contributed by atoms with Gasteiger partial charge in [0.15, 0.2) is 22.2 Å². The number of hydrogen-bond donors (Lipinski definition) is 1. The van der Waals surface area contributed by atoms with E-state index in [0.717, 1.165) is 24.0 Å². The molecule has 0 spiro atoms. The number of nitrogens with one attached hydrogen (secondary N) is 1. The van der Waals surface area contributed by atoms with Crippen LogP contribution < -0.4 is 10.1 Å². The van der Waals surface area contributed by atoms with E-state index in [4.69, 9.17) is 16.3 Å². The molecule has 15 heteroatoms. The molecule has 10 nitrogen and oxygen atoms in total. The van der Waals surface area contributed by atoms with Crippen LogP contribution in [0.25, 0.3) is 0 Å². The van der Waals surface area contributed by atoms with Crippen molar-refractivity contribution in [2.24, 2.45) is 0 Å². The van der Waals surface area contributed by atoms with Gasteiger partial charge in [-0.15, -0.1) is 0 Å². The zero-order chi connectivity index (χ0) is 34.4. The second-order valence-electron chi connectivity index (χ2n) is 11.5. The topological polar surface area (TPSA) is 141 Å². The van der Waals surface area contributed by atoms with Gasteiger partial charge >= 0.3 is 12.2 Å². The van der Waals surface area contributed by atoms with Crippen LogP contribution >= 0.6 is 11.6 Å². The number of pyridine rings is 1. The SMILES string of the molecule is O=C(CCCS(=O)(=O)CC(=O)c1ccc(Cc2nc(NC3(c4ccc(Cl)cc4)CC3)nc(OCC(F)(F)F)n2)cc1)Cc1cccnc1. The Labute approximate surface area is 280 Å². The van der Waals surface area contributed by atoms with Gasteiger partial charge in [0, 0.05) is 42.2 Å². The summed E-state index contributed by atoms with van der Waals surface area (Å²) in [5, 5.41) is 3.78. The fourth-order valence-corrected chi connectivity index (χ4v) is 6.41. The number of anilines is 1. The van der Waals surface area contributed by atoms with Crippen molar-refractivity contribution in [3.05, 3.63) is 106 Å². The molecule has 0 aliphatic heterocycles. The van der Waals surface area contributed by atoms with E-state index in [1.807, 2.05) is 12.1 Å². The fourth-order valence-electron chi connectivity index (χ4n) is 4.99. The molecule has 1 aliphatic carbocycles. The maximum atomic E-state index is 12.9. The first-order valence-corrected chi connectivity index (χ1v) is 17.2. The van der Waals surface area contributed by atoms with Crippen molar-refractivity contribution in [2.45, 2.75) is 50.2 Å². The second-order valence-corrected chi connectivity index (χ2v) is 14.2. The molecule has 1 N–H and O–H groups in total. The number of carbonyl (C=O) groups is 2. The average Bonchev–Trinajstić information content (AvgIpc) is 3.80. The molecule has 1 fully saturated rings. The first kappa shape index (κ1) is 34.9. The predicted octanol–water partition coefficient (Wildman–Crippen LogP) is 5.74. The van der Waals surface area contributed by atoms with Crippen molar-refractivity contribution in [1.29, 1.82) is 0 Å². The fraction of sp³-hybridized carbons (Fsp3) is 0.333. The summed E-state index contributed by atoms with van der Waals surface area (Å²) >= 11 is 6.02. The molecule has 2 heterocycles. The number of rotatable bonds is 16. The zero-order valence-corrected chi connectivity index (χ0v) is 27.1. The molecule has 0 radical (unpaired) electrons. The predicted molar refractivity (Wildman–Crippen MR) is 172 cm³/mol. The summed E-state index contributed by atoms with van der Waals surface area (Å²) in [7, 11) is -3.76.